The van der Waals surface area contributed by atoms with Gasteiger partial charge in [0.25, 0.3) is 0 Å². The van der Waals surface area contributed by atoms with Gasteiger partial charge in [-0.25, -0.2) is 4.39 Å². The molecule has 2 heteroatoms. The second-order valence-electron chi connectivity index (χ2n) is 5.53. The molecule has 0 unspecified atom stereocenters. The predicted octanol–water partition coefficient (Wildman–Crippen LogP) is 6.42. The van der Waals surface area contributed by atoms with Gasteiger partial charge >= 0.3 is 0 Å². The molecule has 3 rings (SSSR count). The first-order chi connectivity index (χ1) is 10.1. The highest BCUT2D eigenvalue weighted by Crippen LogP contribution is 2.36. The van der Waals surface area contributed by atoms with Crippen LogP contribution in [-0.4, -0.2) is 0 Å². The Kier molecular flexibility index (Phi) is 3.69. The van der Waals surface area contributed by atoms with Gasteiger partial charge in [-0.2, -0.15) is 0 Å². The average Bonchev–Trinajstić information content (AvgIpc) is 2.48. The highest BCUT2D eigenvalue weighted by Gasteiger charge is 2.13. The van der Waals surface area contributed by atoms with Gasteiger partial charge in [-0.15, -0.1) is 0 Å². The van der Waals surface area contributed by atoms with Crippen molar-refractivity contribution in [2.75, 3.05) is 0 Å². The quantitative estimate of drug-likeness (QED) is 0.512. The molecule has 0 radical (unpaired) electrons. The Morgan fingerprint density at radius 2 is 1.52 bits per heavy atom. The fourth-order valence-electron chi connectivity index (χ4n) is 2.75. The third-order valence-corrected chi connectivity index (χ3v) is 4.03. The van der Waals surface area contributed by atoms with Gasteiger partial charge in [0.2, 0.25) is 0 Å². The fourth-order valence-corrected chi connectivity index (χ4v) is 2.93. The van der Waals surface area contributed by atoms with E-state index in [2.05, 4.69) is 13.8 Å². The number of benzene rings is 3. The van der Waals surface area contributed by atoms with E-state index >= 15 is 0 Å². The second kappa shape index (κ2) is 5.50. The molecule has 0 saturated heterocycles. The summed E-state index contributed by atoms with van der Waals surface area (Å²) < 4.78 is 14.0. The molecular formula is C19H16ClF. The molecule has 0 N–H and O–H groups in total. The fraction of sp³-hybridized carbons (Fsp3) is 0.158. The zero-order chi connectivity index (χ0) is 15.0. The highest BCUT2D eigenvalue weighted by molar-refractivity contribution is 6.30. The molecule has 0 aliphatic heterocycles. The van der Waals surface area contributed by atoms with Crippen molar-refractivity contribution in [2.45, 2.75) is 19.8 Å². The van der Waals surface area contributed by atoms with Gasteiger partial charge in [0.1, 0.15) is 5.82 Å². The summed E-state index contributed by atoms with van der Waals surface area (Å²) in [4.78, 5) is 0. The lowest BCUT2D eigenvalue weighted by Crippen LogP contribution is -1.94. The third-order valence-electron chi connectivity index (χ3n) is 3.80. The number of rotatable bonds is 2. The first-order valence-corrected chi connectivity index (χ1v) is 7.43. The SMILES string of the molecule is CC(C)c1cc(Cl)ccc1-c1ccc(F)c2ccccc12. The van der Waals surface area contributed by atoms with Gasteiger partial charge in [-0.3, -0.25) is 0 Å². The molecule has 3 aromatic rings. The van der Waals surface area contributed by atoms with Crippen LogP contribution >= 0.6 is 11.6 Å². The highest BCUT2D eigenvalue weighted by atomic mass is 35.5. The summed E-state index contributed by atoms with van der Waals surface area (Å²) in [6.45, 7) is 4.28. The van der Waals surface area contributed by atoms with Crippen LogP contribution in [0.5, 0.6) is 0 Å². The Bertz CT molecular complexity index is 806. The molecule has 0 fully saturated rings. The van der Waals surface area contributed by atoms with E-state index in [1.807, 2.05) is 48.5 Å². The van der Waals surface area contributed by atoms with Crippen molar-refractivity contribution in [1.82, 2.24) is 0 Å². The molecule has 0 saturated carbocycles. The van der Waals surface area contributed by atoms with E-state index < -0.39 is 0 Å². The normalized spacial score (nSPS) is 11.3. The molecule has 0 heterocycles. The number of halogens is 2. The second-order valence-corrected chi connectivity index (χ2v) is 5.96. The first kappa shape index (κ1) is 14.1. The van der Waals surface area contributed by atoms with Crippen molar-refractivity contribution in [1.29, 1.82) is 0 Å². The maximum absolute atomic E-state index is 14.0. The molecule has 0 aliphatic rings. The predicted molar refractivity (Wildman–Crippen MR) is 88.4 cm³/mol. The maximum Gasteiger partial charge on any atom is 0.131 e. The Hall–Kier alpha value is -1.86. The van der Waals surface area contributed by atoms with Gasteiger partial charge in [-0.05, 0) is 46.2 Å². The largest absolute Gasteiger partial charge is 0.206 e. The van der Waals surface area contributed by atoms with Crippen LogP contribution in [-0.2, 0) is 0 Å². The van der Waals surface area contributed by atoms with Gasteiger partial charge in [0.05, 0.1) is 0 Å². The molecule has 0 amide bonds. The summed E-state index contributed by atoms with van der Waals surface area (Å²) >= 11 is 6.13. The number of hydrogen-bond donors (Lipinski definition) is 0. The molecule has 0 atom stereocenters. The zero-order valence-electron chi connectivity index (χ0n) is 12.0. The van der Waals surface area contributed by atoms with Crippen molar-refractivity contribution in [3.63, 3.8) is 0 Å². The molecule has 0 bridgehead atoms. The van der Waals surface area contributed by atoms with E-state index in [0.717, 1.165) is 21.5 Å². The van der Waals surface area contributed by atoms with Crippen molar-refractivity contribution < 1.29 is 4.39 Å². The summed E-state index contributed by atoms with van der Waals surface area (Å²) in [6.07, 6.45) is 0. The number of fused-ring (bicyclic) bond motifs is 1. The van der Waals surface area contributed by atoms with Crippen molar-refractivity contribution in [3.8, 4) is 11.1 Å². The van der Waals surface area contributed by atoms with Crippen LogP contribution in [0.4, 0.5) is 4.39 Å². The Morgan fingerprint density at radius 1 is 0.857 bits per heavy atom. The third kappa shape index (κ3) is 2.54. The van der Waals surface area contributed by atoms with Gasteiger partial charge in [0, 0.05) is 10.4 Å². The molecule has 0 aliphatic carbocycles. The van der Waals surface area contributed by atoms with Crippen molar-refractivity contribution >= 4 is 22.4 Å². The Labute approximate surface area is 129 Å². The summed E-state index contributed by atoms with van der Waals surface area (Å²) in [6, 6.07) is 16.9. The molecule has 21 heavy (non-hydrogen) atoms. The van der Waals surface area contributed by atoms with Gasteiger partial charge < -0.3 is 0 Å². The lowest BCUT2D eigenvalue weighted by Gasteiger charge is -2.15. The minimum absolute atomic E-state index is 0.186. The van der Waals surface area contributed by atoms with Gasteiger partial charge in [-0.1, -0.05) is 61.8 Å². The molecular weight excluding hydrogens is 283 g/mol. The van der Waals surface area contributed by atoms with Crippen molar-refractivity contribution in [2.24, 2.45) is 0 Å². The van der Waals surface area contributed by atoms with E-state index in [-0.39, 0.29) is 5.82 Å². The average molecular weight is 299 g/mol. The molecule has 0 spiro atoms. The topological polar surface area (TPSA) is 0 Å². The lowest BCUT2D eigenvalue weighted by atomic mass is 9.90. The van der Waals surface area contributed by atoms with Crippen molar-refractivity contribution in [3.05, 3.63) is 71.0 Å². The van der Waals surface area contributed by atoms with E-state index in [0.29, 0.717) is 11.3 Å². The summed E-state index contributed by atoms with van der Waals surface area (Å²) in [5.74, 6) is 0.164. The Morgan fingerprint density at radius 3 is 2.24 bits per heavy atom. The maximum atomic E-state index is 14.0. The van der Waals surface area contributed by atoms with E-state index in [1.165, 1.54) is 11.6 Å². The van der Waals surface area contributed by atoms with Crippen LogP contribution in [0.15, 0.2) is 54.6 Å². The Balaban J connectivity index is 2.34. The lowest BCUT2D eigenvalue weighted by molar-refractivity contribution is 0.640. The van der Waals surface area contributed by atoms with Crippen LogP contribution in [0.25, 0.3) is 21.9 Å². The zero-order valence-corrected chi connectivity index (χ0v) is 12.8. The molecule has 106 valence electrons. The number of hydrogen-bond acceptors (Lipinski definition) is 0. The van der Waals surface area contributed by atoms with Crippen LogP contribution in [0, 0.1) is 5.82 Å². The van der Waals surface area contributed by atoms with Crippen LogP contribution in [0.3, 0.4) is 0 Å². The van der Waals surface area contributed by atoms with Gasteiger partial charge in [0.15, 0.2) is 0 Å². The summed E-state index contributed by atoms with van der Waals surface area (Å²) in [5.41, 5.74) is 3.34. The minimum Gasteiger partial charge on any atom is -0.206 e. The van der Waals surface area contributed by atoms with E-state index in [1.54, 1.807) is 0 Å². The van der Waals surface area contributed by atoms with Crippen LogP contribution in [0.2, 0.25) is 5.02 Å². The summed E-state index contributed by atoms with van der Waals surface area (Å²) in [5, 5.41) is 2.32. The summed E-state index contributed by atoms with van der Waals surface area (Å²) in [7, 11) is 0. The first-order valence-electron chi connectivity index (χ1n) is 7.05. The molecule has 0 aromatic heterocycles. The minimum atomic E-state index is -0.186. The van der Waals surface area contributed by atoms with Crippen LogP contribution < -0.4 is 0 Å². The monoisotopic (exact) mass is 298 g/mol. The smallest absolute Gasteiger partial charge is 0.131 e. The van der Waals surface area contributed by atoms with E-state index in [9.17, 15) is 4.39 Å². The molecule has 0 nitrogen and oxygen atoms in total. The van der Waals surface area contributed by atoms with Crippen LogP contribution in [0.1, 0.15) is 25.3 Å². The van der Waals surface area contributed by atoms with E-state index in [4.69, 9.17) is 11.6 Å². The standard InChI is InChI=1S/C19H16ClF/c1-12(2)18-11-13(20)7-8-16(18)15-9-10-19(21)17-6-4-3-5-14(15)17/h3-12H,1-2H3. The molecule has 3 aromatic carbocycles.